The molecule has 7 heteroatoms. The third-order valence-corrected chi connectivity index (χ3v) is 5.70. The minimum Gasteiger partial charge on any atom is -0.507 e. The van der Waals surface area contributed by atoms with Crippen LogP contribution in [0.4, 0.5) is 0 Å². The Labute approximate surface area is 190 Å². The van der Waals surface area contributed by atoms with Gasteiger partial charge in [0.2, 0.25) is 0 Å². The zero-order chi connectivity index (χ0) is 22.5. The monoisotopic (exact) mass is 487 g/mol. The van der Waals surface area contributed by atoms with E-state index in [-0.39, 0.29) is 11.3 Å². The summed E-state index contributed by atoms with van der Waals surface area (Å²) in [6, 6.07) is 11.7. The Bertz CT molecular complexity index is 1020. The Hall–Kier alpha value is -2.80. The number of nitrogens with zero attached hydrogens (tertiary/aromatic N) is 1. The van der Waals surface area contributed by atoms with E-state index in [4.69, 9.17) is 9.47 Å². The van der Waals surface area contributed by atoms with Crippen LogP contribution in [-0.2, 0) is 9.59 Å². The Balaban J connectivity index is 2.14. The Morgan fingerprint density at radius 1 is 1.13 bits per heavy atom. The maximum Gasteiger partial charge on any atom is 0.295 e. The largest absolute Gasteiger partial charge is 0.507 e. The second kappa shape index (κ2) is 10.0. The molecule has 1 aliphatic heterocycles. The van der Waals surface area contributed by atoms with E-state index in [1.54, 1.807) is 25.3 Å². The Kier molecular flexibility index (Phi) is 7.38. The minimum atomic E-state index is -0.692. The Morgan fingerprint density at radius 2 is 1.90 bits per heavy atom. The van der Waals surface area contributed by atoms with Crippen molar-refractivity contribution < 1.29 is 24.2 Å². The number of aliphatic hydroxyl groups is 1. The summed E-state index contributed by atoms with van der Waals surface area (Å²) in [4.78, 5) is 27.3. The van der Waals surface area contributed by atoms with E-state index in [9.17, 15) is 14.7 Å². The molecule has 0 radical (unpaired) electrons. The average molecular weight is 488 g/mol. The summed E-state index contributed by atoms with van der Waals surface area (Å²) in [7, 11) is 1.55. The minimum absolute atomic E-state index is 0.0724. The Morgan fingerprint density at radius 3 is 2.55 bits per heavy atom. The van der Waals surface area contributed by atoms with Crippen molar-refractivity contribution in [3.8, 4) is 11.5 Å². The van der Waals surface area contributed by atoms with Gasteiger partial charge in [-0.05, 0) is 64.7 Å². The number of hydrogen-bond donors (Lipinski definition) is 1. The highest BCUT2D eigenvalue weighted by molar-refractivity contribution is 9.10. The lowest BCUT2D eigenvalue weighted by Gasteiger charge is -2.25. The molecule has 1 aliphatic rings. The van der Waals surface area contributed by atoms with Crippen LogP contribution in [0.25, 0.3) is 5.76 Å². The molecule has 1 atom stereocenters. The van der Waals surface area contributed by atoms with Crippen molar-refractivity contribution in [3.63, 3.8) is 0 Å². The number of rotatable bonds is 8. The number of likely N-dealkylation sites (tertiary alicyclic amines) is 1. The number of ketones is 1. The lowest BCUT2D eigenvalue weighted by molar-refractivity contribution is -0.139. The lowest BCUT2D eigenvalue weighted by Crippen LogP contribution is -2.30. The molecular formula is C24H26BrNO5. The van der Waals surface area contributed by atoms with Gasteiger partial charge in [-0.15, -0.1) is 0 Å². The number of halogens is 1. The van der Waals surface area contributed by atoms with E-state index in [0.29, 0.717) is 41.1 Å². The molecule has 0 aliphatic carbocycles. The molecule has 3 rings (SSSR count). The van der Waals surface area contributed by atoms with Crippen molar-refractivity contribution in [3.05, 3.63) is 63.6 Å². The summed E-state index contributed by atoms with van der Waals surface area (Å²) >= 11 is 3.40. The van der Waals surface area contributed by atoms with Crippen molar-refractivity contribution in [1.82, 2.24) is 4.90 Å². The van der Waals surface area contributed by atoms with Gasteiger partial charge in [0.05, 0.1) is 29.8 Å². The second-order valence-corrected chi connectivity index (χ2v) is 8.12. The summed E-state index contributed by atoms with van der Waals surface area (Å²) in [6.07, 6.45) is 1.55. The zero-order valence-corrected chi connectivity index (χ0v) is 19.4. The highest BCUT2D eigenvalue weighted by atomic mass is 79.9. The molecule has 0 spiro atoms. The van der Waals surface area contributed by atoms with Crippen LogP contribution in [0.1, 0.15) is 43.9 Å². The van der Waals surface area contributed by atoms with Crippen LogP contribution in [0.3, 0.4) is 0 Å². The van der Waals surface area contributed by atoms with Crippen LogP contribution in [0.2, 0.25) is 0 Å². The number of carbonyl (C=O) groups excluding carboxylic acids is 2. The van der Waals surface area contributed by atoms with Crippen molar-refractivity contribution in [2.75, 3.05) is 20.3 Å². The van der Waals surface area contributed by atoms with E-state index in [2.05, 4.69) is 15.9 Å². The van der Waals surface area contributed by atoms with E-state index in [1.165, 1.54) is 4.90 Å². The molecule has 2 aromatic carbocycles. The van der Waals surface area contributed by atoms with E-state index < -0.39 is 17.7 Å². The van der Waals surface area contributed by atoms with Gasteiger partial charge in [-0.3, -0.25) is 9.59 Å². The number of Topliss-reactive ketones (excluding diaryl/α,β-unsaturated/α-hetero) is 1. The average Bonchev–Trinajstić information content (AvgIpc) is 3.02. The fraction of sp³-hybridized carbons (Fsp3) is 0.333. The third-order valence-electron chi connectivity index (χ3n) is 5.08. The van der Waals surface area contributed by atoms with Gasteiger partial charge in [0.1, 0.15) is 17.3 Å². The summed E-state index contributed by atoms with van der Waals surface area (Å²) in [5, 5.41) is 11.1. The highest BCUT2D eigenvalue weighted by Gasteiger charge is 2.45. The molecule has 1 saturated heterocycles. The van der Waals surface area contributed by atoms with Crippen LogP contribution in [0, 0.1) is 0 Å². The number of amides is 1. The molecule has 0 aromatic heterocycles. The second-order valence-electron chi connectivity index (χ2n) is 7.26. The number of methoxy groups -OCH3 is 1. The molecule has 1 unspecified atom stereocenters. The molecule has 164 valence electrons. The van der Waals surface area contributed by atoms with E-state index >= 15 is 0 Å². The fourth-order valence-corrected chi connectivity index (χ4v) is 4.20. The topological polar surface area (TPSA) is 76.1 Å². The van der Waals surface area contributed by atoms with Crippen LogP contribution in [0.15, 0.2) is 52.5 Å². The maximum absolute atomic E-state index is 13.0. The van der Waals surface area contributed by atoms with Gasteiger partial charge >= 0.3 is 0 Å². The first-order valence-corrected chi connectivity index (χ1v) is 11.1. The summed E-state index contributed by atoms with van der Waals surface area (Å²) in [5.74, 6) is -0.261. The first kappa shape index (κ1) is 22.9. The van der Waals surface area contributed by atoms with Crippen LogP contribution >= 0.6 is 15.9 Å². The normalized spacial score (nSPS) is 17.8. The predicted octanol–water partition coefficient (Wildman–Crippen LogP) is 5.08. The number of hydrogen-bond acceptors (Lipinski definition) is 5. The molecule has 1 N–H and O–H groups in total. The van der Waals surface area contributed by atoms with Gasteiger partial charge in [-0.25, -0.2) is 0 Å². The zero-order valence-electron chi connectivity index (χ0n) is 17.9. The highest BCUT2D eigenvalue weighted by Crippen LogP contribution is 2.41. The van der Waals surface area contributed by atoms with Crippen molar-refractivity contribution in [2.45, 2.75) is 32.7 Å². The standard InChI is InChI=1S/C24H26BrNO5/c1-4-11-26-21(15-7-6-8-17(13-15)31-12-5-2)20(23(28)24(26)29)22(27)16-9-10-19(30-3)18(25)14-16/h6-10,13-14,21,27H,4-5,11-12H2,1-3H3/b22-20+. The van der Waals surface area contributed by atoms with Crippen molar-refractivity contribution in [1.29, 1.82) is 0 Å². The van der Waals surface area contributed by atoms with Crippen molar-refractivity contribution in [2.24, 2.45) is 0 Å². The molecule has 1 fully saturated rings. The van der Waals surface area contributed by atoms with Gasteiger partial charge < -0.3 is 19.5 Å². The van der Waals surface area contributed by atoms with Gasteiger partial charge in [-0.1, -0.05) is 26.0 Å². The van der Waals surface area contributed by atoms with E-state index in [0.717, 1.165) is 12.0 Å². The molecule has 0 bridgehead atoms. The molecule has 2 aromatic rings. The lowest BCUT2D eigenvalue weighted by atomic mass is 9.95. The predicted molar refractivity (Wildman–Crippen MR) is 122 cm³/mol. The number of ether oxygens (including phenoxy) is 2. The van der Waals surface area contributed by atoms with Crippen LogP contribution in [0.5, 0.6) is 11.5 Å². The SMILES string of the molecule is CCCOc1cccc(C2/C(=C(\O)c3ccc(OC)c(Br)c3)C(=O)C(=O)N2CCC)c1. The molecular weight excluding hydrogens is 462 g/mol. The molecule has 31 heavy (non-hydrogen) atoms. The first-order valence-electron chi connectivity index (χ1n) is 10.3. The van der Waals surface area contributed by atoms with Crippen LogP contribution in [-0.4, -0.2) is 42.0 Å². The van der Waals surface area contributed by atoms with Crippen molar-refractivity contribution >= 4 is 33.4 Å². The quantitative estimate of drug-likeness (QED) is 0.319. The fourth-order valence-electron chi connectivity index (χ4n) is 3.66. The smallest absolute Gasteiger partial charge is 0.295 e. The molecule has 6 nitrogen and oxygen atoms in total. The summed E-state index contributed by atoms with van der Waals surface area (Å²) in [6.45, 7) is 4.93. The third kappa shape index (κ3) is 4.61. The molecule has 1 amide bonds. The van der Waals surface area contributed by atoms with Gasteiger partial charge in [-0.2, -0.15) is 0 Å². The van der Waals surface area contributed by atoms with Gasteiger partial charge in [0.15, 0.2) is 0 Å². The maximum atomic E-state index is 13.0. The van der Waals surface area contributed by atoms with Gasteiger partial charge in [0.25, 0.3) is 11.7 Å². The molecule has 0 saturated carbocycles. The van der Waals surface area contributed by atoms with E-state index in [1.807, 2.05) is 38.1 Å². The summed E-state index contributed by atoms with van der Waals surface area (Å²) < 4.78 is 11.6. The molecule has 1 heterocycles. The number of aliphatic hydroxyl groups excluding tert-OH is 1. The van der Waals surface area contributed by atoms with Gasteiger partial charge in [0, 0.05) is 12.1 Å². The van der Waals surface area contributed by atoms with Crippen LogP contribution < -0.4 is 9.47 Å². The number of carbonyl (C=O) groups is 2. The first-order chi connectivity index (χ1) is 14.9. The summed E-state index contributed by atoms with van der Waals surface area (Å²) in [5.41, 5.74) is 1.21. The number of benzene rings is 2.